The van der Waals surface area contributed by atoms with Gasteiger partial charge in [0.25, 0.3) is 0 Å². The van der Waals surface area contributed by atoms with E-state index < -0.39 is 5.91 Å². The molecule has 1 spiro atoms. The molecule has 1 unspecified atom stereocenters. The van der Waals surface area contributed by atoms with E-state index in [1.807, 2.05) is 0 Å². The van der Waals surface area contributed by atoms with E-state index in [1.165, 1.54) is 67.2 Å². The second kappa shape index (κ2) is 5.88. The van der Waals surface area contributed by atoms with Gasteiger partial charge in [0.05, 0.1) is 39.3 Å². The summed E-state index contributed by atoms with van der Waals surface area (Å²) in [5.41, 5.74) is 12.4. The van der Waals surface area contributed by atoms with Gasteiger partial charge in [-0.05, 0) is 41.5 Å². The number of benzene rings is 2. The van der Waals surface area contributed by atoms with E-state index in [0.29, 0.717) is 0 Å². The standard InChI is InChI=1S/C33H20N4/c1-3-7-21(8-4-1)31-27-15-11-23-19-25-13-17-29-32(22-9-5-2-6-10-22)30-18-14-26-20-24-12-16-28(31)35(24)33(34(23)27,36(25)29)37(26)30/h1-20H/q+2. The maximum atomic E-state index is 2.56. The van der Waals surface area contributed by atoms with Gasteiger partial charge in [0.2, 0.25) is 22.8 Å². The minimum atomic E-state index is -0.593. The number of hydrogen-bond acceptors (Lipinski definition) is 0. The fourth-order valence-electron chi connectivity index (χ4n) is 7.35. The Bertz CT molecular complexity index is 2100. The van der Waals surface area contributed by atoms with E-state index in [9.17, 15) is 0 Å². The van der Waals surface area contributed by atoms with Crippen molar-refractivity contribution in [2.45, 2.75) is 5.91 Å². The fraction of sp³-hybridized carbons (Fsp3) is 0.0303. The lowest BCUT2D eigenvalue weighted by Gasteiger charge is -2.39. The third-order valence-corrected chi connectivity index (χ3v) is 8.59. The zero-order valence-corrected chi connectivity index (χ0v) is 19.8. The van der Waals surface area contributed by atoms with E-state index >= 15 is 0 Å². The first-order chi connectivity index (χ1) is 18.4. The van der Waals surface area contributed by atoms with Crippen LogP contribution in [0.1, 0.15) is 22.5 Å². The van der Waals surface area contributed by atoms with Crippen LogP contribution in [-0.2, 0) is 5.91 Å². The Balaban J connectivity index is 1.46. The summed E-state index contributed by atoms with van der Waals surface area (Å²) in [5, 5.41) is 2.47. The Hall–Kier alpha value is -4.96. The summed E-state index contributed by atoms with van der Waals surface area (Å²) in [6, 6.07) is 30.8. The summed E-state index contributed by atoms with van der Waals surface area (Å²) < 4.78 is 10.2. The summed E-state index contributed by atoms with van der Waals surface area (Å²) in [6.45, 7) is 0. The number of nitrogens with zero attached hydrogens (tertiary/aromatic N) is 4. The molecule has 0 radical (unpaired) electrons. The molecule has 4 aromatic rings. The molecule has 4 nitrogen and oxygen atoms in total. The highest BCUT2D eigenvalue weighted by atomic mass is 15.6. The predicted molar refractivity (Wildman–Crippen MR) is 143 cm³/mol. The maximum absolute atomic E-state index is 2.56. The van der Waals surface area contributed by atoms with Gasteiger partial charge in [0.15, 0.2) is 0 Å². The van der Waals surface area contributed by atoms with Gasteiger partial charge < -0.3 is 0 Å². The highest BCUT2D eigenvalue weighted by Crippen LogP contribution is 2.48. The summed E-state index contributed by atoms with van der Waals surface area (Å²) >= 11 is 0. The lowest BCUT2D eigenvalue weighted by atomic mass is 9.96. The van der Waals surface area contributed by atoms with Gasteiger partial charge in [-0.2, -0.15) is 9.13 Å². The number of aromatic nitrogens is 2. The quantitative estimate of drug-likeness (QED) is 0.397. The highest BCUT2D eigenvalue weighted by molar-refractivity contribution is 6.27. The smallest absolute Gasteiger partial charge is 0.199 e. The Morgan fingerprint density at radius 1 is 0.595 bits per heavy atom. The number of rotatable bonds is 2. The van der Waals surface area contributed by atoms with Crippen molar-refractivity contribution in [1.29, 1.82) is 0 Å². The average Bonchev–Trinajstić information content (AvgIpc) is 3.74. The van der Waals surface area contributed by atoms with Crippen LogP contribution < -0.4 is 10.7 Å². The lowest BCUT2D eigenvalue weighted by molar-refractivity contribution is -0.836. The van der Waals surface area contributed by atoms with Crippen LogP contribution in [0.25, 0.3) is 17.2 Å². The van der Waals surface area contributed by atoms with Crippen molar-refractivity contribution in [2.24, 2.45) is 0 Å². The van der Waals surface area contributed by atoms with Crippen molar-refractivity contribution in [2.75, 3.05) is 0 Å². The van der Waals surface area contributed by atoms with Crippen molar-refractivity contribution in [3.8, 4) is 0 Å². The first-order valence-electron chi connectivity index (χ1n) is 12.8. The molecule has 10 rings (SSSR count). The molecule has 8 heterocycles. The molecule has 0 saturated carbocycles. The molecule has 4 heteroatoms. The van der Waals surface area contributed by atoms with Crippen LogP contribution in [0.2, 0.25) is 0 Å². The van der Waals surface area contributed by atoms with E-state index in [4.69, 9.17) is 0 Å². The van der Waals surface area contributed by atoms with Crippen molar-refractivity contribution < 1.29 is 9.15 Å². The van der Waals surface area contributed by atoms with Crippen LogP contribution >= 0.6 is 0 Å². The zero-order valence-electron chi connectivity index (χ0n) is 19.8. The van der Waals surface area contributed by atoms with Crippen LogP contribution in [0.3, 0.4) is 0 Å². The van der Waals surface area contributed by atoms with Gasteiger partial charge >= 0.3 is 5.91 Å². The van der Waals surface area contributed by atoms with E-state index in [0.717, 1.165) is 0 Å². The van der Waals surface area contributed by atoms with Crippen molar-refractivity contribution in [3.05, 3.63) is 160 Å². The van der Waals surface area contributed by atoms with Crippen LogP contribution in [0.15, 0.2) is 127 Å². The van der Waals surface area contributed by atoms with Crippen LogP contribution in [-0.4, -0.2) is 29.7 Å². The summed E-state index contributed by atoms with van der Waals surface area (Å²) in [7, 11) is 0. The Morgan fingerprint density at radius 3 is 2.19 bits per heavy atom. The van der Waals surface area contributed by atoms with E-state index in [-0.39, 0.29) is 0 Å². The monoisotopic (exact) mass is 472 g/mol. The highest BCUT2D eigenvalue weighted by Gasteiger charge is 2.71. The van der Waals surface area contributed by atoms with Crippen molar-refractivity contribution in [3.63, 3.8) is 0 Å². The maximum Gasteiger partial charge on any atom is 0.553 e. The number of allylic oxidation sites excluding steroid dienone is 5. The largest absolute Gasteiger partial charge is 0.553 e. The summed E-state index contributed by atoms with van der Waals surface area (Å²) in [6.07, 6.45) is 13.9. The first kappa shape index (κ1) is 18.3. The van der Waals surface area contributed by atoms with Crippen LogP contribution in [0.4, 0.5) is 0 Å². The molecule has 0 N–H and O–H groups in total. The van der Waals surface area contributed by atoms with Crippen molar-refractivity contribution >= 4 is 28.6 Å². The molecule has 2 aromatic carbocycles. The molecule has 170 valence electrons. The predicted octanol–water partition coefficient (Wildman–Crippen LogP) is 3.48. The molecular weight excluding hydrogens is 452 g/mol. The molecule has 0 bridgehead atoms. The minimum Gasteiger partial charge on any atom is -0.199 e. The van der Waals surface area contributed by atoms with Gasteiger partial charge in [-0.15, -0.1) is 0 Å². The molecular formula is C33H20N4+2. The van der Waals surface area contributed by atoms with Crippen LogP contribution in [0, 0.1) is 0 Å². The molecule has 37 heavy (non-hydrogen) atoms. The zero-order chi connectivity index (χ0) is 23.9. The first-order valence-corrected chi connectivity index (χ1v) is 12.8. The third kappa shape index (κ3) is 1.85. The van der Waals surface area contributed by atoms with Gasteiger partial charge in [-0.1, -0.05) is 69.8 Å². The summed E-state index contributed by atoms with van der Waals surface area (Å²) in [5.74, 6) is -0.593. The fourth-order valence-corrected chi connectivity index (χ4v) is 7.35. The second-order valence-electron chi connectivity index (χ2n) is 10.3. The second-order valence-corrected chi connectivity index (χ2v) is 10.3. The molecule has 0 amide bonds. The summed E-state index contributed by atoms with van der Waals surface area (Å²) in [4.78, 5) is 0. The molecule has 1 atom stereocenters. The third-order valence-electron chi connectivity index (χ3n) is 8.59. The normalized spacial score (nSPS) is 22.5. The molecule has 0 fully saturated rings. The van der Waals surface area contributed by atoms with Crippen LogP contribution in [0.5, 0.6) is 0 Å². The minimum absolute atomic E-state index is 0.593. The van der Waals surface area contributed by atoms with Gasteiger partial charge in [-0.3, -0.25) is 0 Å². The Kier molecular flexibility index (Phi) is 2.91. The van der Waals surface area contributed by atoms with Gasteiger partial charge in [0, 0.05) is 24.3 Å². The topological polar surface area (TPSA) is 15.9 Å². The van der Waals surface area contributed by atoms with Gasteiger partial charge in [-0.25, -0.2) is 0 Å². The molecule has 6 aliphatic rings. The van der Waals surface area contributed by atoms with E-state index in [1.54, 1.807) is 0 Å². The SMILES string of the molecule is C1=CC2=[N+]3C1=CC1=[N+]4C(=C(c5ccccc5)c5ccc6n5C43n3c(ccc3=C2c2ccccc2)=C6)C=C1. The Labute approximate surface area is 212 Å². The lowest BCUT2D eigenvalue weighted by Crippen LogP contribution is -2.70. The number of hydrogen-bond donors (Lipinski definition) is 0. The van der Waals surface area contributed by atoms with Gasteiger partial charge in [0.1, 0.15) is 0 Å². The average molecular weight is 473 g/mol. The molecule has 6 aliphatic heterocycles. The molecule has 2 aromatic heterocycles. The molecule has 0 aliphatic carbocycles. The Morgan fingerprint density at radius 2 is 1.38 bits per heavy atom. The van der Waals surface area contributed by atoms with E-state index in [2.05, 4.69) is 140 Å². The van der Waals surface area contributed by atoms with Crippen molar-refractivity contribution in [1.82, 2.24) is 9.13 Å². The molecule has 0 saturated heterocycles.